The van der Waals surface area contributed by atoms with Crippen LogP contribution < -0.4 is 0 Å². The van der Waals surface area contributed by atoms with Gasteiger partial charge in [-0.3, -0.25) is 4.79 Å². The second-order valence-corrected chi connectivity index (χ2v) is 4.32. The molecular weight excluding hydrogens is 212 g/mol. The summed E-state index contributed by atoms with van der Waals surface area (Å²) >= 11 is 0. The van der Waals surface area contributed by atoms with Crippen LogP contribution in [0, 0.1) is 25.2 Å². The van der Waals surface area contributed by atoms with Crippen LogP contribution in [-0.2, 0) is 11.2 Å². The van der Waals surface area contributed by atoms with Crippen LogP contribution in [0.1, 0.15) is 30.4 Å². The lowest BCUT2D eigenvalue weighted by Crippen LogP contribution is -2.16. The quantitative estimate of drug-likeness (QED) is 0.602. The molecule has 0 saturated carbocycles. The van der Waals surface area contributed by atoms with E-state index in [2.05, 4.69) is 5.92 Å². The lowest BCUT2D eigenvalue weighted by Gasteiger charge is -2.11. The van der Waals surface area contributed by atoms with Crippen molar-refractivity contribution < 1.29 is 9.90 Å². The molecule has 1 rings (SSSR count). The molecule has 1 atom stereocenters. The number of benzene rings is 1. The average molecular weight is 230 g/mol. The highest BCUT2D eigenvalue weighted by Crippen LogP contribution is 2.16. The number of aryl methyl sites for hydroxylation is 1. The molecule has 2 heteroatoms. The number of aliphatic carboxylic acids is 1. The lowest BCUT2D eigenvalue weighted by molar-refractivity contribution is -0.141. The first-order chi connectivity index (χ1) is 8.13. The molecule has 2 nitrogen and oxygen atoms in total. The highest BCUT2D eigenvalue weighted by Gasteiger charge is 2.17. The Morgan fingerprint density at radius 3 is 2.59 bits per heavy atom. The molecule has 0 amide bonds. The third-order valence-corrected chi connectivity index (χ3v) is 2.83. The van der Waals surface area contributed by atoms with Crippen molar-refractivity contribution in [1.82, 2.24) is 0 Å². The van der Waals surface area contributed by atoms with E-state index in [1.54, 1.807) is 0 Å². The highest BCUT2D eigenvalue weighted by atomic mass is 16.4. The number of hydrogen-bond donors (Lipinski definition) is 1. The Bertz CT molecular complexity index is 398. The fourth-order valence-electron chi connectivity index (χ4n) is 1.77. The van der Waals surface area contributed by atoms with Gasteiger partial charge in [-0.1, -0.05) is 29.8 Å². The molecule has 17 heavy (non-hydrogen) atoms. The molecule has 1 N–H and O–H groups in total. The van der Waals surface area contributed by atoms with Gasteiger partial charge in [0.05, 0.1) is 5.92 Å². The van der Waals surface area contributed by atoms with E-state index in [1.807, 2.05) is 31.2 Å². The van der Waals surface area contributed by atoms with E-state index in [0.717, 1.165) is 12.0 Å². The summed E-state index contributed by atoms with van der Waals surface area (Å²) in [6.07, 6.45) is 7.82. The van der Waals surface area contributed by atoms with Gasteiger partial charge in [-0.05, 0) is 31.7 Å². The van der Waals surface area contributed by atoms with Gasteiger partial charge in [0.1, 0.15) is 0 Å². The maximum absolute atomic E-state index is 11.1. The third-order valence-electron chi connectivity index (χ3n) is 2.83. The minimum atomic E-state index is -0.734. The molecule has 0 spiro atoms. The topological polar surface area (TPSA) is 37.3 Å². The van der Waals surface area contributed by atoms with Gasteiger partial charge in [0.25, 0.3) is 0 Å². The molecule has 90 valence electrons. The van der Waals surface area contributed by atoms with Gasteiger partial charge in [-0.2, -0.15) is 0 Å². The summed E-state index contributed by atoms with van der Waals surface area (Å²) < 4.78 is 0. The minimum absolute atomic E-state index is 0.328. The molecule has 1 unspecified atom stereocenters. The summed E-state index contributed by atoms with van der Waals surface area (Å²) in [7, 11) is 0. The van der Waals surface area contributed by atoms with Crippen molar-refractivity contribution in [3.05, 3.63) is 35.4 Å². The van der Waals surface area contributed by atoms with Crippen LogP contribution in [0.25, 0.3) is 0 Å². The summed E-state index contributed by atoms with van der Waals surface area (Å²) in [6.45, 7) is 2.02. The molecule has 0 fully saturated rings. The van der Waals surface area contributed by atoms with Gasteiger partial charge in [0.2, 0.25) is 0 Å². The second kappa shape index (κ2) is 6.75. The highest BCUT2D eigenvalue weighted by molar-refractivity contribution is 5.70. The smallest absolute Gasteiger partial charge is 0.306 e. The number of carboxylic acids is 1. The van der Waals surface area contributed by atoms with Crippen LogP contribution in [0.2, 0.25) is 0 Å². The molecule has 0 radical (unpaired) electrons. The van der Waals surface area contributed by atoms with Gasteiger partial charge in [-0.25, -0.2) is 0 Å². The van der Waals surface area contributed by atoms with E-state index in [1.165, 1.54) is 5.56 Å². The van der Waals surface area contributed by atoms with Crippen LogP contribution in [-0.4, -0.2) is 11.1 Å². The summed E-state index contributed by atoms with van der Waals surface area (Å²) in [4.78, 5) is 11.1. The van der Waals surface area contributed by atoms with Gasteiger partial charge in [-0.15, -0.1) is 12.3 Å². The lowest BCUT2D eigenvalue weighted by atomic mass is 9.94. The number of carbonyl (C=O) groups is 1. The van der Waals surface area contributed by atoms with Crippen molar-refractivity contribution in [3.8, 4) is 12.3 Å². The zero-order valence-corrected chi connectivity index (χ0v) is 10.1. The summed E-state index contributed by atoms with van der Waals surface area (Å²) in [5.74, 6) is 1.48. The Hall–Kier alpha value is -1.75. The average Bonchev–Trinajstić information content (AvgIpc) is 2.30. The molecule has 1 aromatic carbocycles. The van der Waals surface area contributed by atoms with E-state index in [-0.39, 0.29) is 5.92 Å². The fourth-order valence-corrected chi connectivity index (χ4v) is 1.77. The zero-order chi connectivity index (χ0) is 12.7. The Kier molecular flexibility index (Phi) is 5.29. The molecule has 0 bridgehead atoms. The van der Waals surface area contributed by atoms with Gasteiger partial charge in [0, 0.05) is 6.42 Å². The van der Waals surface area contributed by atoms with Crippen molar-refractivity contribution in [2.75, 3.05) is 0 Å². The number of hydrogen-bond acceptors (Lipinski definition) is 1. The minimum Gasteiger partial charge on any atom is -0.481 e. The largest absolute Gasteiger partial charge is 0.481 e. The van der Waals surface area contributed by atoms with Gasteiger partial charge >= 0.3 is 5.97 Å². The van der Waals surface area contributed by atoms with E-state index in [9.17, 15) is 4.79 Å². The predicted molar refractivity (Wildman–Crippen MR) is 68.7 cm³/mol. The Morgan fingerprint density at radius 2 is 2.06 bits per heavy atom. The molecule has 0 saturated heterocycles. The number of carboxylic acid groups (broad SMARTS) is 1. The van der Waals surface area contributed by atoms with Gasteiger partial charge < -0.3 is 5.11 Å². The Morgan fingerprint density at radius 1 is 1.41 bits per heavy atom. The monoisotopic (exact) mass is 230 g/mol. The molecule has 0 aromatic heterocycles. The fraction of sp³-hybridized carbons (Fsp3) is 0.400. The normalized spacial score (nSPS) is 11.8. The van der Waals surface area contributed by atoms with Crippen molar-refractivity contribution in [1.29, 1.82) is 0 Å². The van der Waals surface area contributed by atoms with E-state index in [4.69, 9.17) is 11.5 Å². The number of unbranched alkanes of at least 4 members (excludes halogenated alkanes) is 1. The van der Waals surface area contributed by atoms with Crippen molar-refractivity contribution in [2.24, 2.45) is 5.92 Å². The van der Waals surface area contributed by atoms with Crippen LogP contribution in [0.4, 0.5) is 0 Å². The summed E-state index contributed by atoms with van der Waals surface area (Å²) in [6, 6.07) is 8.00. The van der Waals surface area contributed by atoms with E-state index >= 15 is 0 Å². The van der Waals surface area contributed by atoms with Gasteiger partial charge in [0.15, 0.2) is 0 Å². The Labute approximate surface area is 103 Å². The standard InChI is InChI=1S/C15H18O2/c1-3-4-5-6-14(15(16)17)11-13-9-7-12(2)8-10-13/h1,7-10,14H,4-6,11H2,2H3,(H,16,17). The van der Waals surface area contributed by atoms with E-state index in [0.29, 0.717) is 19.3 Å². The SMILES string of the molecule is C#CCCCC(Cc1ccc(C)cc1)C(=O)O. The van der Waals surface area contributed by atoms with Crippen molar-refractivity contribution >= 4 is 5.97 Å². The summed E-state index contributed by atoms with van der Waals surface area (Å²) in [5.41, 5.74) is 2.26. The first-order valence-electron chi connectivity index (χ1n) is 5.85. The maximum Gasteiger partial charge on any atom is 0.306 e. The third kappa shape index (κ3) is 4.74. The molecule has 0 aliphatic carbocycles. The van der Waals surface area contributed by atoms with Crippen LogP contribution in [0.5, 0.6) is 0 Å². The Balaban J connectivity index is 2.57. The van der Waals surface area contributed by atoms with E-state index < -0.39 is 5.97 Å². The zero-order valence-electron chi connectivity index (χ0n) is 10.1. The molecular formula is C15H18O2. The predicted octanol–water partition coefficient (Wildman–Crippen LogP) is 3.04. The number of terminal acetylenes is 1. The first-order valence-corrected chi connectivity index (χ1v) is 5.85. The van der Waals surface area contributed by atoms with Crippen molar-refractivity contribution in [2.45, 2.75) is 32.6 Å². The summed E-state index contributed by atoms with van der Waals surface area (Å²) in [5, 5.41) is 9.14. The maximum atomic E-state index is 11.1. The molecule has 0 heterocycles. The van der Waals surface area contributed by atoms with Crippen molar-refractivity contribution in [3.63, 3.8) is 0 Å². The first kappa shape index (κ1) is 13.3. The van der Waals surface area contributed by atoms with Crippen LogP contribution in [0.3, 0.4) is 0 Å². The van der Waals surface area contributed by atoms with Crippen LogP contribution >= 0.6 is 0 Å². The molecule has 1 aromatic rings. The molecule has 0 aliphatic heterocycles. The second-order valence-electron chi connectivity index (χ2n) is 4.32. The molecule has 0 aliphatic rings. The van der Waals surface area contributed by atoms with Crippen LogP contribution in [0.15, 0.2) is 24.3 Å². The number of rotatable bonds is 6.